The van der Waals surface area contributed by atoms with Crippen molar-refractivity contribution in [1.29, 1.82) is 0 Å². The van der Waals surface area contributed by atoms with Gasteiger partial charge in [-0.25, -0.2) is 0 Å². The Balaban J connectivity index is 2.08. The van der Waals surface area contributed by atoms with Gasteiger partial charge in [0, 0.05) is 25.8 Å². The maximum atomic E-state index is 9.72. The van der Waals surface area contributed by atoms with Crippen molar-refractivity contribution in [2.45, 2.75) is 26.0 Å². The number of aliphatic hydroxyl groups excluding tert-OH is 1. The van der Waals surface area contributed by atoms with Crippen molar-refractivity contribution in [2.75, 3.05) is 13.1 Å². The van der Waals surface area contributed by atoms with Crippen molar-refractivity contribution < 1.29 is 5.11 Å². The standard InChI is InChI=1S/C13H19N3OS/c1-9-7-16(6-4-11(9)17)8-10-3-2-5-15-12(10)13(14)18/h2-3,5,9,11,17H,4,6-8H2,1H3,(H2,14,18). The van der Waals surface area contributed by atoms with E-state index in [4.69, 9.17) is 18.0 Å². The maximum Gasteiger partial charge on any atom is 0.123 e. The van der Waals surface area contributed by atoms with E-state index < -0.39 is 0 Å². The van der Waals surface area contributed by atoms with Gasteiger partial charge in [-0.05, 0) is 24.0 Å². The van der Waals surface area contributed by atoms with Crippen molar-refractivity contribution >= 4 is 17.2 Å². The Morgan fingerprint density at radius 3 is 3.11 bits per heavy atom. The van der Waals surface area contributed by atoms with Crippen LogP contribution in [0.3, 0.4) is 0 Å². The van der Waals surface area contributed by atoms with Gasteiger partial charge in [-0.15, -0.1) is 0 Å². The number of hydrogen-bond acceptors (Lipinski definition) is 4. The summed E-state index contributed by atoms with van der Waals surface area (Å²) in [7, 11) is 0. The maximum absolute atomic E-state index is 9.72. The molecule has 1 aliphatic rings. The summed E-state index contributed by atoms with van der Waals surface area (Å²) in [6, 6.07) is 3.91. The molecule has 2 atom stereocenters. The van der Waals surface area contributed by atoms with Gasteiger partial charge in [0.1, 0.15) is 10.7 Å². The van der Waals surface area contributed by atoms with E-state index in [0.29, 0.717) is 16.6 Å². The molecule has 2 heterocycles. The molecule has 0 aromatic carbocycles. The third kappa shape index (κ3) is 3.04. The van der Waals surface area contributed by atoms with E-state index in [-0.39, 0.29) is 6.10 Å². The van der Waals surface area contributed by atoms with E-state index in [1.54, 1.807) is 6.20 Å². The van der Waals surface area contributed by atoms with E-state index in [9.17, 15) is 5.11 Å². The first-order valence-corrected chi connectivity index (χ1v) is 6.63. The molecule has 4 nitrogen and oxygen atoms in total. The molecular formula is C13H19N3OS. The lowest BCUT2D eigenvalue weighted by molar-refractivity contribution is 0.0320. The zero-order valence-corrected chi connectivity index (χ0v) is 11.4. The van der Waals surface area contributed by atoms with Crippen molar-refractivity contribution in [3.63, 3.8) is 0 Å². The lowest BCUT2D eigenvalue weighted by Gasteiger charge is -2.34. The molecule has 3 N–H and O–H groups in total. The summed E-state index contributed by atoms with van der Waals surface area (Å²) in [6.45, 7) is 4.66. The third-order valence-corrected chi connectivity index (χ3v) is 3.66. The Kier molecular flexibility index (Phi) is 4.27. The molecule has 18 heavy (non-hydrogen) atoms. The van der Waals surface area contributed by atoms with Crippen molar-refractivity contribution in [3.8, 4) is 0 Å². The summed E-state index contributed by atoms with van der Waals surface area (Å²) >= 11 is 5.02. The fraction of sp³-hybridized carbons (Fsp3) is 0.538. The number of pyridine rings is 1. The molecule has 1 aromatic rings. The van der Waals surface area contributed by atoms with E-state index in [2.05, 4.69) is 16.8 Å². The van der Waals surface area contributed by atoms with E-state index >= 15 is 0 Å². The van der Waals surface area contributed by atoms with Crippen molar-refractivity contribution in [1.82, 2.24) is 9.88 Å². The molecule has 2 unspecified atom stereocenters. The fourth-order valence-corrected chi connectivity index (χ4v) is 2.58. The summed E-state index contributed by atoms with van der Waals surface area (Å²) in [5, 5.41) is 9.72. The van der Waals surface area contributed by atoms with Crippen LogP contribution in [0.15, 0.2) is 18.3 Å². The fourth-order valence-electron chi connectivity index (χ4n) is 2.39. The van der Waals surface area contributed by atoms with Gasteiger partial charge in [0.15, 0.2) is 0 Å². The second-order valence-corrected chi connectivity index (χ2v) is 5.38. The molecule has 1 saturated heterocycles. The highest BCUT2D eigenvalue weighted by molar-refractivity contribution is 7.80. The Hall–Kier alpha value is -1.04. The van der Waals surface area contributed by atoms with Crippen LogP contribution in [-0.4, -0.2) is 39.2 Å². The number of aliphatic hydroxyl groups is 1. The monoisotopic (exact) mass is 265 g/mol. The minimum atomic E-state index is -0.176. The molecule has 0 amide bonds. The Labute approximate surface area is 113 Å². The normalized spacial score (nSPS) is 25.0. The van der Waals surface area contributed by atoms with Gasteiger partial charge in [-0.3, -0.25) is 9.88 Å². The van der Waals surface area contributed by atoms with Crippen molar-refractivity contribution in [2.24, 2.45) is 11.7 Å². The SMILES string of the molecule is CC1CN(Cc2cccnc2C(N)=S)CCC1O. The number of hydrogen-bond donors (Lipinski definition) is 2. The average Bonchev–Trinajstić information content (AvgIpc) is 2.34. The largest absolute Gasteiger partial charge is 0.393 e. The molecule has 0 spiro atoms. The highest BCUT2D eigenvalue weighted by atomic mass is 32.1. The van der Waals surface area contributed by atoms with Crippen LogP contribution >= 0.6 is 12.2 Å². The second kappa shape index (κ2) is 5.73. The van der Waals surface area contributed by atoms with Gasteiger partial charge in [0.25, 0.3) is 0 Å². The van der Waals surface area contributed by atoms with Crippen LogP contribution in [-0.2, 0) is 6.54 Å². The number of rotatable bonds is 3. The van der Waals surface area contributed by atoms with E-state index in [1.165, 1.54) is 0 Å². The zero-order chi connectivity index (χ0) is 13.1. The predicted molar refractivity (Wildman–Crippen MR) is 75.2 cm³/mol. The number of nitrogens with two attached hydrogens (primary N) is 1. The minimum absolute atomic E-state index is 0.176. The molecule has 98 valence electrons. The van der Waals surface area contributed by atoms with Gasteiger partial charge >= 0.3 is 0 Å². The molecule has 0 aliphatic carbocycles. The smallest absolute Gasteiger partial charge is 0.123 e. The Morgan fingerprint density at radius 2 is 2.44 bits per heavy atom. The highest BCUT2D eigenvalue weighted by Crippen LogP contribution is 2.19. The van der Waals surface area contributed by atoms with Crippen LogP contribution in [0.1, 0.15) is 24.6 Å². The van der Waals surface area contributed by atoms with Gasteiger partial charge in [-0.1, -0.05) is 25.2 Å². The topological polar surface area (TPSA) is 62.4 Å². The lowest BCUT2D eigenvalue weighted by atomic mass is 9.96. The molecule has 1 aliphatic heterocycles. The number of likely N-dealkylation sites (tertiary alicyclic amines) is 1. The second-order valence-electron chi connectivity index (χ2n) is 4.94. The Morgan fingerprint density at radius 1 is 1.67 bits per heavy atom. The molecule has 5 heteroatoms. The number of thiocarbonyl (C=S) groups is 1. The van der Waals surface area contributed by atoms with E-state index in [1.807, 2.05) is 12.1 Å². The third-order valence-electron chi connectivity index (χ3n) is 3.46. The number of piperidine rings is 1. The quantitative estimate of drug-likeness (QED) is 0.796. The van der Waals surface area contributed by atoms with E-state index in [0.717, 1.165) is 31.6 Å². The number of aromatic nitrogens is 1. The first-order valence-electron chi connectivity index (χ1n) is 6.22. The summed E-state index contributed by atoms with van der Waals surface area (Å²) in [4.78, 5) is 6.89. The first-order chi connectivity index (χ1) is 8.58. The van der Waals surface area contributed by atoms with Crippen molar-refractivity contribution in [3.05, 3.63) is 29.6 Å². The van der Waals surface area contributed by atoms with Gasteiger partial charge in [-0.2, -0.15) is 0 Å². The predicted octanol–water partition coefficient (Wildman–Crippen LogP) is 0.919. The lowest BCUT2D eigenvalue weighted by Crippen LogP contribution is -2.41. The van der Waals surface area contributed by atoms with Crippen LogP contribution in [0.5, 0.6) is 0 Å². The molecule has 2 rings (SSSR count). The van der Waals surface area contributed by atoms with Crippen LogP contribution in [0.25, 0.3) is 0 Å². The van der Waals surface area contributed by atoms with Gasteiger partial charge in [0.2, 0.25) is 0 Å². The highest BCUT2D eigenvalue weighted by Gasteiger charge is 2.24. The first kappa shape index (κ1) is 13.4. The summed E-state index contributed by atoms with van der Waals surface area (Å²) in [6.07, 6.45) is 2.36. The molecule has 1 aromatic heterocycles. The minimum Gasteiger partial charge on any atom is -0.393 e. The zero-order valence-electron chi connectivity index (χ0n) is 10.5. The molecule has 0 bridgehead atoms. The molecule has 0 saturated carbocycles. The summed E-state index contributed by atoms with van der Waals surface area (Å²) in [5.74, 6) is 0.309. The van der Waals surface area contributed by atoms with Crippen LogP contribution in [0, 0.1) is 5.92 Å². The number of nitrogens with zero attached hydrogens (tertiary/aromatic N) is 2. The summed E-state index contributed by atoms with van der Waals surface area (Å²) in [5.41, 5.74) is 7.46. The summed E-state index contributed by atoms with van der Waals surface area (Å²) < 4.78 is 0. The average molecular weight is 265 g/mol. The molecular weight excluding hydrogens is 246 g/mol. The van der Waals surface area contributed by atoms with Crippen LogP contribution in [0.2, 0.25) is 0 Å². The van der Waals surface area contributed by atoms with Gasteiger partial charge in [0.05, 0.1) is 6.10 Å². The molecule has 1 fully saturated rings. The van der Waals surface area contributed by atoms with Crippen LogP contribution < -0.4 is 5.73 Å². The van der Waals surface area contributed by atoms with Gasteiger partial charge < -0.3 is 10.8 Å². The molecule has 0 radical (unpaired) electrons. The van der Waals surface area contributed by atoms with Crippen LogP contribution in [0.4, 0.5) is 0 Å². The Bertz CT molecular complexity index is 438.